The van der Waals surface area contributed by atoms with E-state index in [0.29, 0.717) is 18.5 Å². The summed E-state index contributed by atoms with van der Waals surface area (Å²) < 4.78 is 82.6. The molecule has 1 atom stereocenters. The first-order chi connectivity index (χ1) is 20.5. The fourth-order valence-electron chi connectivity index (χ4n) is 5.71. The summed E-state index contributed by atoms with van der Waals surface area (Å²) in [4.78, 5) is 43.5. The van der Waals surface area contributed by atoms with Gasteiger partial charge >= 0.3 is 18.3 Å². The molecule has 2 aliphatic rings. The van der Waals surface area contributed by atoms with Crippen molar-refractivity contribution >= 4 is 28.5 Å². The maximum atomic E-state index is 14.2. The lowest BCUT2D eigenvalue weighted by molar-refractivity contribution is -0.183. The molecular weight excluding hydrogens is 594 g/mol. The number of carboxylic acid groups (broad SMARTS) is 1. The molecule has 14 heteroatoms. The summed E-state index contributed by atoms with van der Waals surface area (Å²) in [5.74, 6) is -2.82. The van der Waals surface area contributed by atoms with E-state index in [2.05, 4.69) is 10.3 Å². The Hall–Kier alpha value is -4.10. The summed E-state index contributed by atoms with van der Waals surface area (Å²) in [5, 5.41) is 12.4. The minimum atomic E-state index is -4.78. The largest absolute Gasteiger partial charge is 0.481 e. The molecule has 1 aliphatic heterocycles. The van der Waals surface area contributed by atoms with Gasteiger partial charge in [0.2, 0.25) is 0 Å². The van der Waals surface area contributed by atoms with Crippen molar-refractivity contribution in [1.29, 1.82) is 0 Å². The van der Waals surface area contributed by atoms with Gasteiger partial charge < -0.3 is 15.3 Å². The lowest BCUT2D eigenvalue weighted by Gasteiger charge is -2.33. The van der Waals surface area contributed by atoms with Crippen LogP contribution in [0.25, 0.3) is 10.9 Å². The van der Waals surface area contributed by atoms with Gasteiger partial charge in [0.1, 0.15) is 5.82 Å². The second-order valence-electron chi connectivity index (χ2n) is 11.6. The molecule has 1 aromatic heterocycles. The highest BCUT2D eigenvalue weighted by molar-refractivity contribution is 5.94. The number of alkyl halides is 6. The zero-order valence-electron chi connectivity index (χ0n) is 23.8. The number of fused-ring (bicyclic) bond motifs is 1. The van der Waals surface area contributed by atoms with Gasteiger partial charge in [-0.1, -0.05) is 0 Å². The highest BCUT2D eigenvalue weighted by Gasteiger charge is 2.51. The van der Waals surface area contributed by atoms with E-state index >= 15 is 0 Å². The van der Waals surface area contributed by atoms with E-state index < -0.39 is 52.7 Å². The standard InChI is InChI=1S/C30H30F6N4O4/c1-16(37-20-5-3-18(4-6-20)25(41)39-11-7-19(8-12-39)29(31,32)33)21-13-22-24(14-23(21)30(34,35)36)38-17(2)40(26(22)42)15-28(9-10-28)27(43)44/h3-6,13-14,16,19,37H,7-12,15H2,1-2H3,(H,43,44)/t16-/m0/s1. The summed E-state index contributed by atoms with van der Waals surface area (Å²) in [6.45, 7) is 2.73. The Kier molecular flexibility index (Phi) is 7.91. The molecule has 0 unspecified atom stereocenters. The smallest absolute Gasteiger partial charge is 0.416 e. The number of likely N-dealkylation sites (tertiary alicyclic amines) is 1. The van der Waals surface area contributed by atoms with E-state index in [1.165, 1.54) is 47.6 Å². The fraction of sp³-hybridized carbons (Fsp3) is 0.467. The Labute approximate surface area is 247 Å². The predicted octanol–water partition coefficient (Wildman–Crippen LogP) is 6.18. The van der Waals surface area contributed by atoms with Crippen molar-refractivity contribution < 1.29 is 41.0 Å². The first-order valence-corrected chi connectivity index (χ1v) is 14.1. The molecular formula is C30H30F6N4O4. The van der Waals surface area contributed by atoms with Crippen LogP contribution in [0.2, 0.25) is 0 Å². The number of anilines is 1. The molecule has 2 N–H and O–H groups in total. The SMILES string of the molecule is Cc1nc2cc(C(F)(F)F)c([C@H](C)Nc3ccc(C(=O)N4CCC(C(F)(F)F)CC4)cc3)cc2c(=O)n1CC1(C(=O)O)CC1. The minimum absolute atomic E-state index is 0.0321. The Balaban J connectivity index is 1.39. The quantitative estimate of drug-likeness (QED) is 0.305. The van der Waals surface area contributed by atoms with Gasteiger partial charge in [-0.05, 0) is 81.5 Å². The molecule has 0 spiro atoms. The summed E-state index contributed by atoms with van der Waals surface area (Å²) in [6, 6.07) is 6.83. The molecule has 1 aliphatic carbocycles. The third-order valence-electron chi connectivity index (χ3n) is 8.62. The molecule has 1 amide bonds. The molecule has 3 aromatic rings. The van der Waals surface area contributed by atoms with E-state index in [1.54, 1.807) is 0 Å². The molecule has 5 rings (SSSR count). The number of rotatable bonds is 7. The molecule has 236 valence electrons. The van der Waals surface area contributed by atoms with Crippen molar-refractivity contribution in [3.63, 3.8) is 0 Å². The summed E-state index contributed by atoms with van der Waals surface area (Å²) >= 11 is 0. The minimum Gasteiger partial charge on any atom is -0.481 e. The number of aromatic nitrogens is 2. The molecule has 0 radical (unpaired) electrons. The van der Waals surface area contributed by atoms with Gasteiger partial charge in [-0.15, -0.1) is 0 Å². The van der Waals surface area contributed by atoms with Crippen LogP contribution in [0.5, 0.6) is 0 Å². The van der Waals surface area contributed by atoms with Crippen molar-refractivity contribution in [3.8, 4) is 0 Å². The molecule has 1 saturated carbocycles. The third kappa shape index (κ3) is 6.11. The number of piperidine rings is 1. The number of benzene rings is 2. The average molecular weight is 625 g/mol. The number of nitrogens with zero attached hydrogens (tertiary/aromatic N) is 3. The summed E-state index contributed by atoms with van der Waals surface area (Å²) in [7, 11) is 0. The highest BCUT2D eigenvalue weighted by Crippen LogP contribution is 2.47. The Bertz CT molecular complexity index is 1650. The fourth-order valence-corrected chi connectivity index (χ4v) is 5.71. The molecule has 0 bridgehead atoms. The van der Waals surface area contributed by atoms with Gasteiger partial charge in [0.25, 0.3) is 11.5 Å². The Morgan fingerprint density at radius 3 is 2.20 bits per heavy atom. The second-order valence-corrected chi connectivity index (χ2v) is 11.6. The van der Waals surface area contributed by atoms with Gasteiger partial charge in [-0.2, -0.15) is 26.3 Å². The molecule has 1 saturated heterocycles. The van der Waals surface area contributed by atoms with Gasteiger partial charge in [0, 0.05) is 36.9 Å². The van der Waals surface area contributed by atoms with Crippen molar-refractivity contribution in [2.45, 2.75) is 64.5 Å². The van der Waals surface area contributed by atoms with Crippen molar-refractivity contribution in [3.05, 3.63) is 69.3 Å². The number of hydrogen-bond donors (Lipinski definition) is 2. The van der Waals surface area contributed by atoms with Crippen molar-refractivity contribution in [2.75, 3.05) is 18.4 Å². The van der Waals surface area contributed by atoms with Gasteiger partial charge in [-0.3, -0.25) is 19.0 Å². The van der Waals surface area contributed by atoms with E-state index in [9.17, 15) is 45.8 Å². The van der Waals surface area contributed by atoms with Gasteiger partial charge in [0.05, 0.1) is 27.8 Å². The lowest BCUT2D eigenvalue weighted by atomic mass is 9.96. The number of nitrogens with one attached hydrogen (secondary N) is 1. The highest BCUT2D eigenvalue weighted by atomic mass is 19.4. The number of hydrogen-bond acceptors (Lipinski definition) is 5. The first kappa shape index (κ1) is 31.3. The van der Waals surface area contributed by atoms with Crippen LogP contribution in [-0.2, 0) is 17.5 Å². The van der Waals surface area contributed by atoms with E-state index in [4.69, 9.17) is 0 Å². The number of aryl methyl sites for hydroxylation is 1. The number of amides is 1. The summed E-state index contributed by atoms with van der Waals surface area (Å²) in [6.07, 6.45) is -8.68. The zero-order valence-corrected chi connectivity index (χ0v) is 23.8. The van der Waals surface area contributed by atoms with Crippen LogP contribution in [0, 0.1) is 18.3 Å². The second kappa shape index (κ2) is 11.1. The average Bonchev–Trinajstić information content (AvgIpc) is 3.75. The molecule has 2 fully saturated rings. The van der Waals surface area contributed by atoms with E-state index in [0.717, 1.165) is 12.1 Å². The van der Waals surface area contributed by atoms with Crippen LogP contribution in [-0.4, -0.2) is 50.7 Å². The lowest BCUT2D eigenvalue weighted by Crippen LogP contribution is -2.42. The van der Waals surface area contributed by atoms with Crippen molar-refractivity contribution in [2.24, 2.45) is 11.3 Å². The topological polar surface area (TPSA) is 105 Å². The van der Waals surface area contributed by atoms with Gasteiger partial charge in [-0.25, -0.2) is 4.98 Å². The van der Waals surface area contributed by atoms with Crippen LogP contribution in [0.15, 0.2) is 41.2 Å². The number of carbonyl (C=O) groups excluding carboxylic acids is 1. The zero-order chi connectivity index (χ0) is 32.2. The van der Waals surface area contributed by atoms with Gasteiger partial charge in [0.15, 0.2) is 0 Å². The predicted molar refractivity (Wildman–Crippen MR) is 148 cm³/mol. The van der Waals surface area contributed by atoms with E-state index in [1.807, 2.05) is 0 Å². The summed E-state index contributed by atoms with van der Waals surface area (Å²) in [5.41, 5.74) is -2.51. The maximum Gasteiger partial charge on any atom is 0.416 e. The number of aliphatic carboxylic acids is 1. The number of halogens is 6. The molecule has 44 heavy (non-hydrogen) atoms. The van der Waals surface area contributed by atoms with E-state index in [-0.39, 0.29) is 60.3 Å². The first-order valence-electron chi connectivity index (χ1n) is 14.1. The van der Waals surface area contributed by atoms with Crippen LogP contribution < -0.4 is 10.9 Å². The number of carbonyl (C=O) groups is 2. The van der Waals surface area contributed by atoms with Crippen LogP contribution in [0.1, 0.15) is 66.0 Å². The monoisotopic (exact) mass is 624 g/mol. The molecule has 2 heterocycles. The van der Waals surface area contributed by atoms with Crippen LogP contribution in [0.3, 0.4) is 0 Å². The maximum absolute atomic E-state index is 14.2. The number of carboxylic acids is 1. The van der Waals surface area contributed by atoms with Crippen LogP contribution in [0.4, 0.5) is 32.0 Å². The van der Waals surface area contributed by atoms with Crippen molar-refractivity contribution in [1.82, 2.24) is 14.5 Å². The molecule has 8 nitrogen and oxygen atoms in total. The molecule has 2 aromatic carbocycles. The Morgan fingerprint density at radius 2 is 1.68 bits per heavy atom. The van der Waals surface area contributed by atoms with Crippen LogP contribution >= 0.6 is 0 Å². The normalized spacial score (nSPS) is 17.9. The Morgan fingerprint density at radius 1 is 1.07 bits per heavy atom. The third-order valence-corrected chi connectivity index (χ3v) is 8.62.